The lowest BCUT2D eigenvalue weighted by molar-refractivity contribution is -0.140. The Morgan fingerprint density at radius 1 is 0.938 bits per heavy atom. The number of aliphatic imine (C=N–C) groups is 1. The van der Waals surface area contributed by atoms with Gasteiger partial charge in [0.15, 0.2) is 0 Å². The summed E-state index contributed by atoms with van der Waals surface area (Å²) in [6.07, 6.45) is 3.59. The molecule has 2 atom stereocenters. The van der Waals surface area contributed by atoms with Gasteiger partial charge in [0, 0.05) is 25.6 Å². The maximum absolute atomic E-state index is 13.5. The molecule has 32 heavy (non-hydrogen) atoms. The predicted molar refractivity (Wildman–Crippen MR) is 124 cm³/mol. The van der Waals surface area contributed by atoms with Crippen LogP contribution in [0.5, 0.6) is 0 Å². The van der Waals surface area contributed by atoms with Crippen molar-refractivity contribution in [3.05, 3.63) is 93.7 Å². The molecule has 1 fully saturated rings. The van der Waals surface area contributed by atoms with E-state index in [1.54, 1.807) is 10.8 Å². The summed E-state index contributed by atoms with van der Waals surface area (Å²) in [7, 11) is 0. The Labute approximate surface area is 187 Å². The fourth-order valence-corrected chi connectivity index (χ4v) is 4.72. The quantitative estimate of drug-likeness (QED) is 0.618. The number of hydrogen-bond acceptors (Lipinski definition) is 4. The minimum Gasteiger partial charge on any atom is -0.328 e. The Balaban J connectivity index is 1.63. The number of carbonyl (C=O) groups excluding carboxylic acids is 1. The molecule has 2 aliphatic rings. The molecule has 6 nitrogen and oxygen atoms in total. The van der Waals surface area contributed by atoms with E-state index in [1.807, 2.05) is 65.6 Å². The second-order valence-electron chi connectivity index (χ2n) is 8.63. The van der Waals surface area contributed by atoms with Gasteiger partial charge in [-0.2, -0.15) is 0 Å². The predicted octanol–water partition coefficient (Wildman–Crippen LogP) is 4.05. The summed E-state index contributed by atoms with van der Waals surface area (Å²) < 4.78 is 1.73. The van der Waals surface area contributed by atoms with Crippen molar-refractivity contribution in [1.29, 1.82) is 0 Å². The summed E-state index contributed by atoms with van der Waals surface area (Å²) in [6.45, 7) is 3.06. The molecular weight excluding hydrogens is 400 g/mol. The number of fused-ring (bicyclic) bond motifs is 1. The lowest BCUT2D eigenvalue weighted by Crippen LogP contribution is -2.44. The maximum Gasteiger partial charge on any atom is 0.280 e. The maximum atomic E-state index is 13.5. The third-order valence-electron chi connectivity index (χ3n) is 6.40. The van der Waals surface area contributed by atoms with Gasteiger partial charge >= 0.3 is 0 Å². The molecule has 0 spiro atoms. The number of hydrogen-bond donors (Lipinski definition) is 0. The highest BCUT2D eigenvalue weighted by atomic mass is 16.2. The fourth-order valence-electron chi connectivity index (χ4n) is 4.72. The van der Waals surface area contributed by atoms with Gasteiger partial charge in [-0.05, 0) is 23.5 Å². The Morgan fingerprint density at radius 3 is 2.28 bits per heavy atom. The van der Waals surface area contributed by atoms with Gasteiger partial charge in [-0.25, -0.2) is 4.98 Å². The molecule has 0 bridgehead atoms. The third-order valence-corrected chi connectivity index (χ3v) is 6.40. The van der Waals surface area contributed by atoms with Gasteiger partial charge in [0.2, 0.25) is 5.91 Å². The van der Waals surface area contributed by atoms with E-state index in [9.17, 15) is 9.59 Å². The summed E-state index contributed by atoms with van der Waals surface area (Å²) >= 11 is 0. The average Bonchev–Trinajstić information content (AvgIpc) is 3.29. The Morgan fingerprint density at radius 2 is 1.59 bits per heavy atom. The van der Waals surface area contributed by atoms with Crippen LogP contribution in [0.4, 0.5) is 5.69 Å². The number of amides is 1. The van der Waals surface area contributed by atoms with Crippen molar-refractivity contribution in [3.63, 3.8) is 0 Å². The number of benzene rings is 2. The molecule has 162 valence electrons. The van der Waals surface area contributed by atoms with Crippen LogP contribution in [-0.2, 0) is 24.3 Å². The van der Waals surface area contributed by atoms with Crippen LogP contribution >= 0.6 is 0 Å². The first kappa shape index (κ1) is 20.4. The van der Waals surface area contributed by atoms with E-state index in [0.717, 1.165) is 17.5 Å². The van der Waals surface area contributed by atoms with Crippen molar-refractivity contribution < 1.29 is 4.79 Å². The van der Waals surface area contributed by atoms with E-state index in [2.05, 4.69) is 11.9 Å². The topological polar surface area (TPSA) is 67.6 Å². The molecule has 1 aromatic heterocycles. The first-order valence-electron chi connectivity index (χ1n) is 11.2. The van der Waals surface area contributed by atoms with E-state index in [-0.39, 0.29) is 23.4 Å². The zero-order chi connectivity index (χ0) is 22.1. The van der Waals surface area contributed by atoms with Crippen LogP contribution < -0.4 is 5.56 Å². The van der Waals surface area contributed by atoms with Crippen LogP contribution in [0.3, 0.4) is 0 Å². The van der Waals surface area contributed by atoms with E-state index in [4.69, 9.17) is 4.98 Å². The minimum atomic E-state index is -0.265. The lowest BCUT2D eigenvalue weighted by atomic mass is 9.88. The van der Waals surface area contributed by atoms with Crippen molar-refractivity contribution in [1.82, 2.24) is 14.5 Å². The first-order chi connectivity index (χ1) is 15.6. The number of rotatable bonds is 5. The van der Waals surface area contributed by atoms with Crippen LogP contribution in [0.15, 0.2) is 70.5 Å². The molecule has 3 heterocycles. The molecule has 3 aromatic rings. The number of likely N-dealkylation sites (tertiary alicyclic amines) is 1. The van der Waals surface area contributed by atoms with Crippen LogP contribution in [-0.4, -0.2) is 26.6 Å². The van der Waals surface area contributed by atoms with Crippen molar-refractivity contribution in [3.8, 4) is 0 Å². The molecule has 2 unspecified atom stereocenters. The first-order valence-corrected chi connectivity index (χ1v) is 11.2. The van der Waals surface area contributed by atoms with Crippen LogP contribution in [0.25, 0.3) is 0 Å². The second kappa shape index (κ2) is 8.54. The summed E-state index contributed by atoms with van der Waals surface area (Å²) in [6, 6.07) is 19.6. The highest BCUT2D eigenvalue weighted by Crippen LogP contribution is 2.37. The molecule has 6 heteroatoms. The van der Waals surface area contributed by atoms with Crippen LogP contribution in [0.1, 0.15) is 48.5 Å². The van der Waals surface area contributed by atoms with Gasteiger partial charge in [0.1, 0.15) is 11.5 Å². The number of carbonyl (C=O) groups is 1. The van der Waals surface area contributed by atoms with Crippen molar-refractivity contribution in [2.45, 2.75) is 45.3 Å². The van der Waals surface area contributed by atoms with Gasteiger partial charge in [0.05, 0.1) is 18.3 Å². The average molecular weight is 427 g/mol. The molecule has 0 aliphatic carbocycles. The lowest BCUT2D eigenvalue weighted by Gasteiger charge is -2.40. The molecular formula is C26H26N4O2. The SMILES string of the molecule is CC1CCC(=O)N(Cc2ccccc2)C1c1nc2c(c(=O)n1Cc1ccccc1)N=CC2. The monoisotopic (exact) mass is 426 g/mol. The molecule has 1 saturated heterocycles. The molecule has 0 saturated carbocycles. The van der Waals surface area contributed by atoms with Gasteiger partial charge in [-0.3, -0.25) is 19.1 Å². The second-order valence-corrected chi connectivity index (χ2v) is 8.63. The molecule has 2 aromatic carbocycles. The van der Waals surface area contributed by atoms with Gasteiger partial charge in [-0.15, -0.1) is 0 Å². The smallest absolute Gasteiger partial charge is 0.280 e. The Bertz CT molecular complexity index is 1220. The minimum absolute atomic E-state index is 0.106. The molecule has 0 radical (unpaired) electrons. The molecule has 5 rings (SSSR count). The zero-order valence-corrected chi connectivity index (χ0v) is 18.1. The third kappa shape index (κ3) is 3.77. The summed E-state index contributed by atoms with van der Waals surface area (Å²) in [5.41, 5.74) is 3.09. The highest BCUT2D eigenvalue weighted by Gasteiger charge is 2.38. The van der Waals surface area contributed by atoms with Gasteiger partial charge < -0.3 is 4.90 Å². The van der Waals surface area contributed by atoms with Crippen molar-refractivity contribution >= 4 is 17.8 Å². The van der Waals surface area contributed by atoms with E-state index < -0.39 is 0 Å². The standard InChI is InChI=1S/C26H26N4O2/c1-18-12-13-22(31)29(16-19-8-4-2-5-9-19)24(18)25-28-21-14-15-27-23(21)26(32)30(25)17-20-10-6-3-7-11-20/h2-11,15,18,24H,12-14,16-17H2,1H3. The number of nitrogens with zero attached hydrogens (tertiary/aromatic N) is 4. The Kier molecular flexibility index (Phi) is 5.43. The molecule has 0 N–H and O–H groups in total. The molecule has 1 amide bonds. The molecule has 2 aliphatic heterocycles. The van der Waals surface area contributed by atoms with Crippen LogP contribution in [0.2, 0.25) is 0 Å². The normalized spacial score (nSPS) is 19.9. The van der Waals surface area contributed by atoms with Crippen molar-refractivity contribution in [2.24, 2.45) is 10.9 Å². The Hall–Kier alpha value is -3.54. The van der Waals surface area contributed by atoms with E-state index in [0.29, 0.717) is 43.1 Å². The number of piperidine rings is 1. The summed E-state index contributed by atoms with van der Waals surface area (Å²) in [5, 5.41) is 0. The van der Waals surface area contributed by atoms with E-state index >= 15 is 0 Å². The largest absolute Gasteiger partial charge is 0.328 e. The van der Waals surface area contributed by atoms with Gasteiger partial charge in [0.25, 0.3) is 5.56 Å². The van der Waals surface area contributed by atoms with Crippen LogP contribution in [0, 0.1) is 5.92 Å². The van der Waals surface area contributed by atoms with Gasteiger partial charge in [-0.1, -0.05) is 67.6 Å². The van der Waals surface area contributed by atoms with E-state index in [1.165, 1.54) is 0 Å². The zero-order valence-electron chi connectivity index (χ0n) is 18.1. The summed E-state index contributed by atoms with van der Waals surface area (Å²) in [5.74, 6) is 0.958. The number of aromatic nitrogens is 2. The summed E-state index contributed by atoms with van der Waals surface area (Å²) in [4.78, 5) is 37.8. The fraction of sp³-hybridized carbons (Fsp3) is 0.308. The van der Waals surface area contributed by atoms with Crippen molar-refractivity contribution in [2.75, 3.05) is 0 Å². The highest BCUT2D eigenvalue weighted by molar-refractivity contribution is 5.78.